The SMILES string of the molecule is COCCOc1ccc(C(=O)Nc2cccnc2C(=O)Nc2ccc(Cl)cn2)c(OC2CCNCC2)c1.O=C(O)C(F)(F)F.O=C(O)C(F)(F)F. The molecule has 1 fully saturated rings. The van der Waals surface area contributed by atoms with Crippen LogP contribution in [0.3, 0.4) is 0 Å². The Morgan fingerprint density at radius 3 is 2.08 bits per heavy atom. The van der Waals surface area contributed by atoms with E-state index in [-0.39, 0.29) is 17.5 Å². The van der Waals surface area contributed by atoms with Gasteiger partial charge in [-0.1, -0.05) is 11.6 Å². The van der Waals surface area contributed by atoms with E-state index < -0.39 is 36.1 Å². The number of rotatable bonds is 10. The Kier molecular flexibility index (Phi) is 16.3. The van der Waals surface area contributed by atoms with Crippen molar-refractivity contribution in [3.05, 3.63) is 71.1 Å². The number of hydrogen-bond donors (Lipinski definition) is 5. The van der Waals surface area contributed by atoms with Gasteiger partial charge in [0.05, 0.1) is 22.9 Å². The number of carboxylic acid groups (broad SMARTS) is 2. The first-order valence-electron chi connectivity index (χ1n) is 14.3. The number of piperidine rings is 1. The summed E-state index contributed by atoms with van der Waals surface area (Å²) in [4.78, 5) is 52.3. The van der Waals surface area contributed by atoms with Crippen LogP contribution >= 0.6 is 11.6 Å². The number of carboxylic acids is 2. The van der Waals surface area contributed by atoms with Crippen LogP contribution in [0, 0.1) is 0 Å². The highest BCUT2D eigenvalue weighted by Crippen LogP contribution is 2.29. The van der Waals surface area contributed by atoms with E-state index in [0.29, 0.717) is 41.1 Å². The third kappa shape index (κ3) is 15.1. The monoisotopic (exact) mass is 753 g/mol. The minimum Gasteiger partial charge on any atom is -0.491 e. The summed E-state index contributed by atoms with van der Waals surface area (Å²) in [5.74, 6) is -5.22. The molecule has 4 rings (SSSR count). The number of nitrogens with zero attached hydrogens (tertiary/aromatic N) is 2. The minimum absolute atomic E-state index is 0.0337. The number of methoxy groups -OCH3 is 1. The van der Waals surface area contributed by atoms with Gasteiger partial charge in [0.2, 0.25) is 0 Å². The summed E-state index contributed by atoms with van der Waals surface area (Å²) in [5, 5.41) is 23.4. The molecule has 14 nitrogen and oxygen atoms in total. The van der Waals surface area contributed by atoms with Crippen LogP contribution in [-0.2, 0) is 14.3 Å². The Morgan fingerprint density at radius 2 is 1.53 bits per heavy atom. The summed E-state index contributed by atoms with van der Waals surface area (Å²) in [6.07, 6.45) is -5.67. The molecule has 1 saturated heterocycles. The smallest absolute Gasteiger partial charge is 0.490 e. The van der Waals surface area contributed by atoms with Crippen molar-refractivity contribution in [2.24, 2.45) is 0 Å². The van der Waals surface area contributed by atoms with Gasteiger partial charge in [0.15, 0.2) is 5.69 Å². The average molecular weight is 754 g/mol. The molecule has 0 aliphatic carbocycles. The van der Waals surface area contributed by atoms with Gasteiger partial charge in [-0.25, -0.2) is 19.6 Å². The molecule has 3 heterocycles. The lowest BCUT2D eigenvalue weighted by Gasteiger charge is -2.25. The molecule has 0 saturated carbocycles. The zero-order valence-electron chi connectivity index (χ0n) is 26.3. The van der Waals surface area contributed by atoms with Crippen molar-refractivity contribution >= 4 is 46.9 Å². The molecule has 1 aromatic carbocycles. The number of benzene rings is 1. The van der Waals surface area contributed by atoms with E-state index in [1.807, 2.05) is 0 Å². The fourth-order valence-corrected chi connectivity index (χ4v) is 3.83. The summed E-state index contributed by atoms with van der Waals surface area (Å²) >= 11 is 5.86. The molecule has 0 atom stereocenters. The minimum atomic E-state index is -5.08. The molecule has 1 aliphatic heterocycles. The Hall–Kier alpha value is -5.21. The molecular weight excluding hydrogens is 724 g/mol. The predicted octanol–water partition coefficient (Wildman–Crippen LogP) is 5.06. The number of hydrogen-bond acceptors (Lipinski definition) is 10. The van der Waals surface area contributed by atoms with E-state index in [9.17, 15) is 35.9 Å². The molecule has 21 heteroatoms. The number of carbonyl (C=O) groups is 4. The van der Waals surface area contributed by atoms with E-state index in [1.54, 1.807) is 49.6 Å². The van der Waals surface area contributed by atoms with Crippen LogP contribution in [0.15, 0.2) is 54.9 Å². The van der Waals surface area contributed by atoms with Crippen molar-refractivity contribution in [1.82, 2.24) is 15.3 Å². The molecule has 51 heavy (non-hydrogen) atoms. The first-order chi connectivity index (χ1) is 23.9. The van der Waals surface area contributed by atoms with E-state index in [1.165, 1.54) is 12.4 Å². The number of nitrogens with one attached hydrogen (secondary N) is 3. The molecule has 2 amide bonds. The third-order valence-electron chi connectivity index (χ3n) is 6.06. The molecule has 5 N–H and O–H groups in total. The number of halogens is 7. The third-order valence-corrected chi connectivity index (χ3v) is 6.28. The van der Waals surface area contributed by atoms with Crippen molar-refractivity contribution in [3.8, 4) is 11.5 Å². The maximum Gasteiger partial charge on any atom is 0.490 e. The van der Waals surface area contributed by atoms with Crippen LogP contribution in [0.2, 0.25) is 5.02 Å². The second-order valence-electron chi connectivity index (χ2n) is 9.84. The van der Waals surface area contributed by atoms with Gasteiger partial charge in [-0.3, -0.25) is 9.59 Å². The molecule has 0 radical (unpaired) electrons. The van der Waals surface area contributed by atoms with Gasteiger partial charge in [-0.05, 0) is 62.3 Å². The van der Waals surface area contributed by atoms with E-state index in [4.69, 9.17) is 45.6 Å². The van der Waals surface area contributed by atoms with Crippen molar-refractivity contribution in [1.29, 1.82) is 0 Å². The molecule has 2 aromatic heterocycles. The summed E-state index contributed by atoms with van der Waals surface area (Å²) < 4.78 is 80.5. The zero-order chi connectivity index (χ0) is 38.2. The molecule has 278 valence electrons. The van der Waals surface area contributed by atoms with Gasteiger partial charge in [0.1, 0.15) is 30.0 Å². The highest BCUT2D eigenvalue weighted by Gasteiger charge is 2.39. The Balaban J connectivity index is 0.000000543. The lowest BCUT2D eigenvalue weighted by molar-refractivity contribution is -0.193. The number of alkyl halides is 6. The zero-order valence-corrected chi connectivity index (χ0v) is 27.1. The largest absolute Gasteiger partial charge is 0.491 e. The number of carbonyl (C=O) groups excluding carboxylic acids is 2. The second-order valence-corrected chi connectivity index (χ2v) is 10.3. The van der Waals surface area contributed by atoms with Crippen LogP contribution in [0.25, 0.3) is 0 Å². The summed E-state index contributed by atoms with van der Waals surface area (Å²) in [7, 11) is 1.60. The number of pyridine rings is 2. The standard InChI is InChI=1S/C26H28ClN5O5.2C2HF3O2/c1-35-13-14-36-19-5-6-20(22(15-19)37-18-8-11-28-12-9-18)25(33)31-21-3-2-10-29-24(21)26(34)32-23-7-4-17(27)16-30-23;2*3-2(4,5)1(6)7/h2-7,10,15-16,18,28H,8-9,11-14H2,1H3,(H,31,33)(H,30,32,34);2*(H,6,7). The topological polar surface area (TPSA) is 198 Å². The molecule has 3 aromatic rings. The van der Waals surface area contributed by atoms with Crippen LogP contribution in [0.1, 0.15) is 33.7 Å². The van der Waals surface area contributed by atoms with E-state index >= 15 is 0 Å². The maximum absolute atomic E-state index is 13.4. The van der Waals surface area contributed by atoms with E-state index in [0.717, 1.165) is 25.9 Å². The quantitative estimate of drug-likeness (QED) is 0.137. The van der Waals surface area contributed by atoms with Crippen LogP contribution in [-0.4, -0.2) is 95.8 Å². The lowest BCUT2D eigenvalue weighted by atomic mass is 10.1. The van der Waals surface area contributed by atoms with Crippen molar-refractivity contribution < 1.29 is 69.9 Å². The molecule has 0 bridgehead atoms. The molecule has 0 spiro atoms. The number of aromatic nitrogens is 2. The number of ether oxygens (including phenoxy) is 3. The summed E-state index contributed by atoms with van der Waals surface area (Å²) in [5.41, 5.74) is 0.590. The fraction of sp³-hybridized carbons (Fsp3) is 0.333. The summed E-state index contributed by atoms with van der Waals surface area (Å²) in [6, 6.07) is 11.5. The van der Waals surface area contributed by atoms with Gasteiger partial charge >= 0.3 is 24.3 Å². The van der Waals surface area contributed by atoms with Gasteiger partial charge in [0, 0.05) is 25.6 Å². The van der Waals surface area contributed by atoms with Gasteiger partial charge in [0.25, 0.3) is 11.8 Å². The predicted molar refractivity (Wildman–Crippen MR) is 167 cm³/mol. The highest BCUT2D eigenvalue weighted by atomic mass is 35.5. The molecular formula is C30H30ClF6N5O9. The lowest BCUT2D eigenvalue weighted by Crippen LogP contribution is -2.34. The second kappa shape index (κ2) is 19.8. The first kappa shape index (κ1) is 42.0. The average Bonchev–Trinajstić information content (AvgIpc) is 3.06. The number of aliphatic carboxylic acids is 2. The van der Waals surface area contributed by atoms with Crippen LogP contribution in [0.5, 0.6) is 11.5 Å². The number of amides is 2. The van der Waals surface area contributed by atoms with Crippen molar-refractivity contribution in [3.63, 3.8) is 0 Å². The molecule has 0 unspecified atom stereocenters. The first-order valence-corrected chi connectivity index (χ1v) is 14.7. The van der Waals surface area contributed by atoms with Gasteiger partial charge in [-0.15, -0.1) is 0 Å². The van der Waals surface area contributed by atoms with Crippen LogP contribution in [0.4, 0.5) is 37.8 Å². The highest BCUT2D eigenvalue weighted by molar-refractivity contribution is 6.30. The normalized spacial score (nSPS) is 12.9. The Bertz CT molecular complexity index is 1600. The maximum atomic E-state index is 13.4. The van der Waals surface area contributed by atoms with Crippen molar-refractivity contribution in [2.75, 3.05) is 44.0 Å². The van der Waals surface area contributed by atoms with Crippen LogP contribution < -0.4 is 25.4 Å². The molecule has 1 aliphatic rings. The van der Waals surface area contributed by atoms with Crippen molar-refractivity contribution in [2.45, 2.75) is 31.3 Å². The Labute approximate surface area is 290 Å². The number of anilines is 2. The van der Waals surface area contributed by atoms with Gasteiger partial charge in [-0.2, -0.15) is 26.3 Å². The fourth-order valence-electron chi connectivity index (χ4n) is 3.72. The Morgan fingerprint density at radius 1 is 0.902 bits per heavy atom. The van der Waals surface area contributed by atoms with Gasteiger partial charge < -0.3 is 40.4 Å². The van der Waals surface area contributed by atoms with E-state index in [2.05, 4.69) is 25.9 Å². The summed E-state index contributed by atoms with van der Waals surface area (Å²) in [6.45, 7) is 2.48.